The summed E-state index contributed by atoms with van der Waals surface area (Å²) in [7, 11) is 1.59. The number of carbonyl (C=O) groups excluding carboxylic acids is 2. The van der Waals surface area contributed by atoms with Gasteiger partial charge in [0.05, 0.1) is 37.0 Å². The summed E-state index contributed by atoms with van der Waals surface area (Å²) in [5.41, 5.74) is 2.21. The number of hydrogen-bond donors (Lipinski definition) is 0. The number of ether oxygens (including phenoxy) is 2. The molecule has 208 valence electrons. The van der Waals surface area contributed by atoms with Crippen LogP contribution >= 0.6 is 0 Å². The van der Waals surface area contributed by atoms with Gasteiger partial charge in [0.15, 0.2) is 0 Å². The van der Waals surface area contributed by atoms with Gasteiger partial charge in [0.1, 0.15) is 12.3 Å². The van der Waals surface area contributed by atoms with E-state index in [1.165, 1.54) is 17.1 Å². The first-order chi connectivity index (χ1) is 18.8. The fraction of sp³-hybridized carbons (Fsp3) is 0.464. The largest absolute Gasteiger partial charge is 0.497 e. The number of rotatable bonds is 10. The molecule has 11 heteroatoms. The summed E-state index contributed by atoms with van der Waals surface area (Å²) in [5, 5.41) is 17.2. The molecule has 0 spiro atoms. The zero-order valence-corrected chi connectivity index (χ0v) is 22.6. The third-order valence-electron chi connectivity index (χ3n) is 7.00. The van der Waals surface area contributed by atoms with Crippen molar-refractivity contribution in [1.82, 2.24) is 14.8 Å². The Labute approximate surface area is 228 Å². The van der Waals surface area contributed by atoms with Gasteiger partial charge in [-0.1, -0.05) is 26.0 Å². The van der Waals surface area contributed by atoms with Gasteiger partial charge in [0.25, 0.3) is 11.6 Å². The second-order valence-corrected chi connectivity index (χ2v) is 9.95. The summed E-state index contributed by atoms with van der Waals surface area (Å²) in [6.07, 6.45) is 0.432. The Kier molecular flexibility index (Phi) is 9.26. The number of nitrogens with zero attached hydrogens (tertiary/aromatic N) is 5. The SMILES string of the molecule is COc1ccc([C@H]2CC(c3ccc([N+](=O)[O-])cc3)=NN2C(=O)CN(CCN2CCOCC2)C(=O)C(C)C)cc1. The predicted molar refractivity (Wildman–Crippen MR) is 146 cm³/mol. The smallest absolute Gasteiger partial charge is 0.269 e. The zero-order valence-electron chi connectivity index (χ0n) is 22.6. The molecule has 39 heavy (non-hydrogen) atoms. The van der Waals surface area contributed by atoms with Crippen LogP contribution in [0.25, 0.3) is 0 Å². The fourth-order valence-corrected chi connectivity index (χ4v) is 4.73. The van der Waals surface area contributed by atoms with Crippen molar-refractivity contribution in [2.24, 2.45) is 11.0 Å². The lowest BCUT2D eigenvalue weighted by molar-refractivity contribution is -0.384. The molecule has 2 aliphatic rings. The molecule has 4 rings (SSSR count). The molecule has 2 aliphatic heterocycles. The van der Waals surface area contributed by atoms with Gasteiger partial charge in [-0.2, -0.15) is 5.10 Å². The molecule has 1 fully saturated rings. The second kappa shape index (κ2) is 12.8. The third kappa shape index (κ3) is 6.98. The maximum Gasteiger partial charge on any atom is 0.269 e. The molecule has 2 aromatic rings. The molecule has 0 unspecified atom stereocenters. The Morgan fingerprint density at radius 2 is 1.79 bits per heavy atom. The van der Waals surface area contributed by atoms with Crippen molar-refractivity contribution in [2.45, 2.75) is 26.3 Å². The predicted octanol–water partition coefficient (Wildman–Crippen LogP) is 3.10. The maximum absolute atomic E-state index is 13.7. The number of carbonyl (C=O) groups is 2. The van der Waals surface area contributed by atoms with E-state index in [1.54, 1.807) is 24.1 Å². The van der Waals surface area contributed by atoms with E-state index in [4.69, 9.17) is 9.47 Å². The summed E-state index contributed by atoms with van der Waals surface area (Å²) < 4.78 is 10.7. The van der Waals surface area contributed by atoms with E-state index < -0.39 is 4.92 Å². The number of nitro benzene ring substituents is 1. The van der Waals surface area contributed by atoms with Gasteiger partial charge in [0.2, 0.25) is 5.91 Å². The van der Waals surface area contributed by atoms with Gasteiger partial charge < -0.3 is 14.4 Å². The van der Waals surface area contributed by atoms with Crippen LogP contribution in [0, 0.1) is 16.0 Å². The minimum absolute atomic E-state index is 0.0138. The Morgan fingerprint density at radius 3 is 2.38 bits per heavy atom. The third-order valence-corrected chi connectivity index (χ3v) is 7.00. The van der Waals surface area contributed by atoms with Crippen molar-refractivity contribution >= 4 is 23.2 Å². The van der Waals surface area contributed by atoms with Crippen molar-refractivity contribution in [1.29, 1.82) is 0 Å². The van der Waals surface area contributed by atoms with Crippen molar-refractivity contribution in [3.63, 3.8) is 0 Å². The van der Waals surface area contributed by atoms with Gasteiger partial charge in [-0.15, -0.1) is 0 Å². The molecule has 1 atom stereocenters. The highest BCUT2D eigenvalue weighted by Crippen LogP contribution is 2.34. The van der Waals surface area contributed by atoms with E-state index >= 15 is 0 Å². The zero-order chi connectivity index (χ0) is 27.9. The molecule has 2 heterocycles. The molecule has 0 aliphatic carbocycles. The lowest BCUT2D eigenvalue weighted by Gasteiger charge is -2.31. The van der Waals surface area contributed by atoms with Gasteiger partial charge in [0, 0.05) is 50.7 Å². The number of non-ortho nitro benzene ring substituents is 1. The standard InChI is InChI=1S/C28H35N5O6/c1-20(2)28(35)31(13-12-30-14-16-39-17-15-30)19-27(34)32-26(22-6-10-24(38-3)11-7-22)18-25(29-32)21-4-8-23(9-5-21)33(36)37/h4-11,20,26H,12-19H2,1-3H3/t26-/m1/s1. The average molecular weight is 538 g/mol. The van der Waals surface area contributed by atoms with Gasteiger partial charge in [-0.05, 0) is 35.4 Å². The highest BCUT2D eigenvalue weighted by molar-refractivity contribution is 6.03. The molecule has 11 nitrogen and oxygen atoms in total. The first-order valence-corrected chi connectivity index (χ1v) is 13.1. The number of nitro groups is 1. The van der Waals surface area contributed by atoms with Crippen LogP contribution in [0.1, 0.15) is 37.4 Å². The van der Waals surface area contributed by atoms with E-state index in [-0.39, 0.29) is 36.0 Å². The van der Waals surface area contributed by atoms with E-state index in [9.17, 15) is 19.7 Å². The van der Waals surface area contributed by atoms with Crippen LogP contribution in [0.2, 0.25) is 0 Å². The Balaban J connectivity index is 1.57. The quantitative estimate of drug-likeness (QED) is 0.338. The maximum atomic E-state index is 13.7. The molecule has 2 aromatic carbocycles. The summed E-state index contributed by atoms with van der Waals surface area (Å²) >= 11 is 0. The van der Waals surface area contributed by atoms with E-state index in [1.807, 2.05) is 38.1 Å². The number of morpholine rings is 1. The molecule has 0 N–H and O–H groups in total. The van der Waals surface area contributed by atoms with Gasteiger partial charge >= 0.3 is 0 Å². The summed E-state index contributed by atoms with van der Waals surface area (Å²) in [5.74, 6) is 0.0701. The fourth-order valence-electron chi connectivity index (χ4n) is 4.73. The second-order valence-electron chi connectivity index (χ2n) is 9.95. The number of methoxy groups -OCH3 is 1. The van der Waals surface area contributed by atoms with Crippen LogP contribution in [-0.4, -0.2) is 90.3 Å². The molecule has 2 amide bonds. The number of benzene rings is 2. The molecule has 0 radical (unpaired) electrons. The lowest BCUT2D eigenvalue weighted by Crippen LogP contribution is -2.47. The highest BCUT2D eigenvalue weighted by Gasteiger charge is 2.35. The van der Waals surface area contributed by atoms with Crippen LogP contribution in [0.4, 0.5) is 5.69 Å². The monoisotopic (exact) mass is 537 g/mol. The van der Waals surface area contributed by atoms with Crippen LogP contribution in [0.5, 0.6) is 5.75 Å². The molecule has 0 bridgehead atoms. The lowest BCUT2D eigenvalue weighted by atomic mass is 9.98. The molecular formula is C28H35N5O6. The van der Waals surface area contributed by atoms with E-state index in [2.05, 4.69) is 10.0 Å². The van der Waals surface area contributed by atoms with Gasteiger partial charge in [-0.25, -0.2) is 5.01 Å². The minimum atomic E-state index is -0.451. The highest BCUT2D eigenvalue weighted by atomic mass is 16.6. The minimum Gasteiger partial charge on any atom is -0.497 e. The summed E-state index contributed by atoms with van der Waals surface area (Å²) in [6, 6.07) is 13.2. The van der Waals surface area contributed by atoms with Crippen LogP contribution in [0.3, 0.4) is 0 Å². The average Bonchev–Trinajstić information content (AvgIpc) is 3.41. The van der Waals surface area contributed by atoms with Crippen molar-refractivity contribution < 1.29 is 24.0 Å². The normalized spacial score (nSPS) is 17.7. The van der Waals surface area contributed by atoms with E-state index in [0.29, 0.717) is 49.7 Å². The first kappa shape index (κ1) is 28.2. The summed E-state index contributed by atoms with van der Waals surface area (Å²) in [4.78, 5) is 41.3. The Bertz CT molecular complexity index is 1190. The Morgan fingerprint density at radius 1 is 1.13 bits per heavy atom. The van der Waals surface area contributed by atoms with Crippen molar-refractivity contribution in [3.8, 4) is 5.75 Å². The Hall–Kier alpha value is -3.83. The summed E-state index contributed by atoms with van der Waals surface area (Å²) in [6.45, 7) is 7.58. The van der Waals surface area contributed by atoms with Crippen LogP contribution in [0.15, 0.2) is 53.6 Å². The number of hydrogen-bond acceptors (Lipinski definition) is 8. The van der Waals surface area contributed by atoms with E-state index in [0.717, 1.165) is 18.7 Å². The molecular weight excluding hydrogens is 502 g/mol. The number of hydrazone groups is 1. The molecule has 0 aromatic heterocycles. The number of amides is 2. The van der Waals surface area contributed by atoms with Gasteiger partial charge in [-0.3, -0.25) is 24.6 Å². The molecule has 0 saturated carbocycles. The topological polar surface area (TPSA) is 118 Å². The van der Waals surface area contributed by atoms with Crippen molar-refractivity contribution in [2.75, 3.05) is 53.0 Å². The van der Waals surface area contributed by atoms with Crippen LogP contribution in [-0.2, 0) is 14.3 Å². The van der Waals surface area contributed by atoms with Crippen molar-refractivity contribution in [3.05, 3.63) is 69.8 Å². The first-order valence-electron chi connectivity index (χ1n) is 13.1. The molecule has 1 saturated heterocycles. The van der Waals surface area contributed by atoms with Crippen LogP contribution < -0.4 is 4.74 Å².